The van der Waals surface area contributed by atoms with Crippen LogP contribution in [0.3, 0.4) is 0 Å². The minimum absolute atomic E-state index is 0.138. The summed E-state index contributed by atoms with van der Waals surface area (Å²) >= 11 is 6.03. The second kappa shape index (κ2) is 4.68. The molecule has 20 heavy (non-hydrogen) atoms. The van der Waals surface area contributed by atoms with Crippen LogP contribution in [0, 0.1) is 12.7 Å². The standard InChI is InChI=1S/C14H11ClFN3O/c1-8-9(5-6-20-8)12-7-13(17)19(18-12)14-10(15)3-2-4-11(14)16/h2-7H,17H2,1H3. The average molecular weight is 292 g/mol. The Bertz CT molecular complexity index is 758. The summed E-state index contributed by atoms with van der Waals surface area (Å²) in [5, 5.41) is 4.56. The van der Waals surface area contributed by atoms with Crippen molar-refractivity contribution in [1.82, 2.24) is 9.78 Å². The number of hydrogen-bond donors (Lipinski definition) is 1. The molecule has 0 saturated heterocycles. The Balaban J connectivity index is 2.17. The van der Waals surface area contributed by atoms with Gasteiger partial charge in [-0.15, -0.1) is 0 Å². The molecular weight excluding hydrogens is 281 g/mol. The van der Waals surface area contributed by atoms with Crippen LogP contribution in [-0.2, 0) is 0 Å². The summed E-state index contributed by atoms with van der Waals surface area (Å²) < 4.78 is 20.4. The van der Waals surface area contributed by atoms with Gasteiger partial charge in [-0.25, -0.2) is 9.07 Å². The summed E-state index contributed by atoms with van der Waals surface area (Å²) in [4.78, 5) is 0. The maximum atomic E-state index is 13.9. The Hall–Kier alpha value is -2.27. The van der Waals surface area contributed by atoms with E-state index in [0.717, 1.165) is 5.56 Å². The Kier molecular flexibility index (Phi) is 2.99. The van der Waals surface area contributed by atoms with Crippen LogP contribution in [0.5, 0.6) is 0 Å². The Morgan fingerprint density at radius 1 is 1.35 bits per heavy atom. The fraction of sp³-hybridized carbons (Fsp3) is 0.0714. The van der Waals surface area contributed by atoms with Crippen LogP contribution < -0.4 is 5.73 Å². The second-order valence-electron chi connectivity index (χ2n) is 4.33. The highest BCUT2D eigenvalue weighted by atomic mass is 35.5. The lowest BCUT2D eigenvalue weighted by Crippen LogP contribution is -2.04. The van der Waals surface area contributed by atoms with E-state index in [9.17, 15) is 4.39 Å². The average Bonchev–Trinajstić information content (AvgIpc) is 2.96. The van der Waals surface area contributed by atoms with Gasteiger partial charge in [0.15, 0.2) is 0 Å². The largest absolute Gasteiger partial charge is 0.469 e. The molecule has 3 rings (SSSR count). The maximum absolute atomic E-state index is 13.9. The lowest BCUT2D eigenvalue weighted by Gasteiger charge is -2.07. The first-order valence-electron chi connectivity index (χ1n) is 5.92. The zero-order valence-corrected chi connectivity index (χ0v) is 11.4. The Morgan fingerprint density at radius 2 is 2.15 bits per heavy atom. The molecule has 0 aliphatic heterocycles. The zero-order valence-electron chi connectivity index (χ0n) is 10.6. The van der Waals surface area contributed by atoms with Crippen LogP contribution in [0.1, 0.15) is 5.76 Å². The van der Waals surface area contributed by atoms with Gasteiger partial charge < -0.3 is 10.2 Å². The summed E-state index contributed by atoms with van der Waals surface area (Å²) in [6, 6.07) is 7.86. The van der Waals surface area contributed by atoms with Gasteiger partial charge in [-0.05, 0) is 25.1 Å². The first-order chi connectivity index (χ1) is 9.58. The van der Waals surface area contributed by atoms with E-state index in [0.29, 0.717) is 17.3 Å². The molecule has 0 radical (unpaired) electrons. The van der Waals surface area contributed by atoms with Gasteiger partial charge in [0.05, 0.1) is 17.0 Å². The van der Waals surface area contributed by atoms with Crippen molar-refractivity contribution in [2.75, 3.05) is 5.73 Å². The van der Waals surface area contributed by atoms with E-state index < -0.39 is 5.82 Å². The highest BCUT2D eigenvalue weighted by Crippen LogP contribution is 2.30. The van der Waals surface area contributed by atoms with Crippen molar-refractivity contribution >= 4 is 17.4 Å². The van der Waals surface area contributed by atoms with Crippen LogP contribution in [0.15, 0.2) is 41.0 Å². The van der Waals surface area contributed by atoms with Crippen molar-refractivity contribution in [3.63, 3.8) is 0 Å². The molecule has 102 valence electrons. The number of anilines is 1. The summed E-state index contributed by atoms with van der Waals surface area (Å²) in [5.41, 5.74) is 7.46. The molecule has 0 amide bonds. The highest BCUT2D eigenvalue weighted by Gasteiger charge is 2.16. The Labute approximate surface area is 119 Å². The molecule has 0 unspecified atom stereocenters. The van der Waals surface area contributed by atoms with Crippen LogP contribution in [-0.4, -0.2) is 9.78 Å². The molecule has 0 spiro atoms. The smallest absolute Gasteiger partial charge is 0.150 e. The van der Waals surface area contributed by atoms with Crippen LogP contribution in [0.4, 0.5) is 10.2 Å². The molecule has 0 bridgehead atoms. The van der Waals surface area contributed by atoms with Crippen molar-refractivity contribution in [3.05, 3.63) is 53.2 Å². The molecule has 3 aromatic rings. The zero-order chi connectivity index (χ0) is 14.3. The molecule has 0 atom stereocenters. The third-order valence-corrected chi connectivity index (χ3v) is 3.33. The first kappa shape index (κ1) is 12.7. The van der Waals surface area contributed by atoms with Crippen LogP contribution in [0.25, 0.3) is 16.9 Å². The third kappa shape index (κ3) is 1.96. The number of benzene rings is 1. The third-order valence-electron chi connectivity index (χ3n) is 3.02. The number of aromatic nitrogens is 2. The van der Waals surface area contributed by atoms with E-state index in [-0.39, 0.29) is 10.7 Å². The summed E-state index contributed by atoms with van der Waals surface area (Å²) in [6.07, 6.45) is 1.57. The van der Waals surface area contributed by atoms with Gasteiger partial charge >= 0.3 is 0 Å². The maximum Gasteiger partial charge on any atom is 0.150 e. The van der Waals surface area contributed by atoms with E-state index in [4.69, 9.17) is 21.8 Å². The van der Waals surface area contributed by atoms with Crippen molar-refractivity contribution in [1.29, 1.82) is 0 Å². The van der Waals surface area contributed by atoms with Crippen molar-refractivity contribution in [2.24, 2.45) is 0 Å². The lowest BCUT2D eigenvalue weighted by molar-refractivity contribution is 0.535. The number of nitrogens with zero attached hydrogens (tertiary/aromatic N) is 2. The number of furan rings is 1. The predicted molar refractivity (Wildman–Crippen MR) is 75.4 cm³/mol. The summed E-state index contributed by atoms with van der Waals surface area (Å²) in [7, 11) is 0. The molecular formula is C14H11ClFN3O. The number of rotatable bonds is 2. The van der Waals surface area contributed by atoms with E-state index in [1.54, 1.807) is 24.5 Å². The SMILES string of the molecule is Cc1occc1-c1cc(N)n(-c2c(F)cccc2Cl)n1. The number of nitrogen functional groups attached to an aromatic ring is 1. The lowest BCUT2D eigenvalue weighted by atomic mass is 10.2. The molecule has 4 nitrogen and oxygen atoms in total. The van der Waals surface area contributed by atoms with Gasteiger partial charge in [0.25, 0.3) is 0 Å². The topological polar surface area (TPSA) is 57.0 Å². The summed E-state index contributed by atoms with van der Waals surface area (Å²) in [6.45, 7) is 1.82. The number of aryl methyl sites for hydroxylation is 1. The fourth-order valence-corrected chi connectivity index (χ4v) is 2.29. The number of halogens is 2. The van der Waals surface area contributed by atoms with E-state index in [2.05, 4.69) is 5.10 Å². The molecule has 6 heteroatoms. The molecule has 0 aliphatic rings. The number of para-hydroxylation sites is 1. The minimum atomic E-state index is -0.484. The van der Waals surface area contributed by atoms with Crippen LogP contribution in [0.2, 0.25) is 5.02 Å². The summed E-state index contributed by atoms with van der Waals surface area (Å²) in [5.74, 6) is 0.532. The molecule has 2 aromatic heterocycles. The van der Waals surface area contributed by atoms with Crippen molar-refractivity contribution in [2.45, 2.75) is 6.92 Å². The molecule has 0 fully saturated rings. The fourth-order valence-electron chi connectivity index (χ4n) is 2.05. The van der Waals surface area contributed by atoms with E-state index >= 15 is 0 Å². The van der Waals surface area contributed by atoms with E-state index in [1.807, 2.05) is 6.92 Å². The molecule has 2 N–H and O–H groups in total. The first-order valence-corrected chi connectivity index (χ1v) is 6.30. The minimum Gasteiger partial charge on any atom is -0.469 e. The molecule has 0 aliphatic carbocycles. The normalized spacial score (nSPS) is 10.9. The number of hydrogen-bond acceptors (Lipinski definition) is 3. The number of nitrogens with two attached hydrogens (primary N) is 1. The van der Waals surface area contributed by atoms with Crippen molar-refractivity contribution < 1.29 is 8.81 Å². The van der Waals surface area contributed by atoms with Gasteiger partial charge in [-0.1, -0.05) is 17.7 Å². The van der Waals surface area contributed by atoms with Gasteiger partial charge in [0, 0.05) is 11.6 Å². The molecule has 0 saturated carbocycles. The second-order valence-corrected chi connectivity index (χ2v) is 4.73. The Morgan fingerprint density at radius 3 is 2.80 bits per heavy atom. The predicted octanol–water partition coefficient (Wildman–Crippen LogP) is 3.82. The molecule has 2 heterocycles. The van der Waals surface area contributed by atoms with Gasteiger partial charge in [0.2, 0.25) is 0 Å². The quantitative estimate of drug-likeness (QED) is 0.781. The van der Waals surface area contributed by atoms with E-state index in [1.165, 1.54) is 16.8 Å². The molecule has 1 aromatic carbocycles. The van der Waals surface area contributed by atoms with Gasteiger partial charge in [-0.2, -0.15) is 5.10 Å². The van der Waals surface area contributed by atoms with Gasteiger partial charge in [0.1, 0.15) is 23.1 Å². The van der Waals surface area contributed by atoms with Crippen molar-refractivity contribution in [3.8, 4) is 16.9 Å². The monoisotopic (exact) mass is 291 g/mol. The highest BCUT2D eigenvalue weighted by molar-refractivity contribution is 6.32. The van der Waals surface area contributed by atoms with Gasteiger partial charge in [-0.3, -0.25) is 0 Å². The van der Waals surface area contributed by atoms with Crippen LogP contribution >= 0.6 is 11.6 Å².